The fraction of sp³-hybridized carbons (Fsp3) is 0.750. The second kappa shape index (κ2) is 7.31. The van der Waals surface area contributed by atoms with Crippen molar-refractivity contribution in [2.45, 2.75) is 38.8 Å². The van der Waals surface area contributed by atoms with Gasteiger partial charge in [-0.2, -0.15) is 5.10 Å². The molecule has 2 N–H and O–H groups in total. The van der Waals surface area contributed by atoms with Gasteiger partial charge in [0.25, 0.3) is 0 Å². The van der Waals surface area contributed by atoms with E-state index in [1.54, 1.807) is 9.58 Å². The van der Waals surface area contributed by atoms with Crippen molar-refractivity contribution >= 4 is 6.09 Å². The predicted molar refractivity (Wildman–Crippen MR) is 89.0 cm³/mol. The molecule has 1 aromatic heterocycles. The number of carbonyl (C=O) groups is 1. The van der Waals surface area contributed by atoms with E-state index in [0.29, 0.717) is 13.1 Å². The van der Waals surface area contributed by atoms with Crippen molar-refractivity contribution in [3.05, 3.63) is 18.0 Å². The minimum atomic E-state index is -0.460. The van der Waals surface area contributed by atoms with Crippen molar-refractivity contribution in [3.8, 4) is 0 Å². The van der Waals surface area contributed by atoms with Crippen molar-refractivity contribution in [1.82, 2.24) is 19.6 Å². The molecule has 7 heteroatoms. The smallest absolute Gasteiger partial charge is 0.410 e. The SMILES string of the molecule is Cn1cc(C(CN)N2CCCN(C(=O)OC(C)(C)C)CC2)cn1. The maximum absolute atomic E-state index is 12.2. The topological polar surface area (TPSA) is 76.6 Å². The van der Waals surface area contributed by atoms with Gasteiger partial charge in [0.15, 0.2) is 0 Å². The van der Waals surface area contributed by atoms with Crippen LogP contribution in [0.15, 0.2) is 12.4 Å². The average molecular weight is 323 g/mol. The van der Waals surface area contributed by atoms with Gasteiger partial charge in [-0.15, -0.1) is 0 Å². The van der Waals surface area contributed by atoms with Gasteiger partial charge in [0, 0.05) is 51.5 Å². The van der Waals surface area contributed by atoms with Crippen LogP contribution in [0.25, 0.3) is 0 Å². The van der Waals surface area contributed by atoms with Gasteiger partial charge >= 0.3 is 6.09 Å². The molecule has 1 amide bonds. The molecule has 7 nitrogen and oxygen atoms in total. The van der Waals surface area contributed by atoms with Crippen LogP contribution in [0.1, 0.15) is 38.8 Å². The van der Waals surface area contributed by atoms with Crippen LogP contribution in [-0.4, -0.2) is 64.0 Å². The van der Waals surface area contributed by atoms with Crippen molar-refractivity contribution in [1.29, 1.82) is 0 Å². The molecule has 1 aromatic rings. The Bertz CT molecular complexity index is 523. The first-order valence-corrected chi connectivity index (χ1v) is 8.21. The van der Waals surface area contributed by atoms with E-state index < -0.39 is 5.60 Å². The highest BCUT2D eigenvalue weighted by Gasteiger charge is 2.27. The van der Waals surface area contributed by atoms with Gasteiger partial charge in [0.2, 0.25) is 0 Å². The lowest BCUT2D eigenvalue weighted by Gasteiger charge is -2.29. The Hall–Kier alpha value is -1.60. The number of hydrogen-bond donors (Lipinski definition) is 1. The molecule has 1 fully saturated rings. The van der Waals surface area contributed by atoms with Gasteiger partial charge in [0.1, 0.15) is 5.60 Å². The molecule has 0 spiro atoms. The first-order valence-electron chi connectivity index (χ1n) is 8.21. The maximum Gasteiger partial charge on any atom is 0.410 e. The van der Waals surface area contributed by atoms with E-state index in [2.05, 4.69) is 10.00 Å². The average Bonchev–Trinajstić information content (AvgIpc) is 2.73. The lowest BCUT2D eigenvalue weighted by atomic mass is 10.1. The number of carbonyl (C=O) groups excluding carboxylic acids is 1. The molecule has 1 atom stereocenters. The Balaban J connectivity index is 1.98. The summed E-state index contributed by atoms with van der Waals surface area (Å²) in [5, 5.41) is 4.24. The van der Waals surface area contributed by atoms with Crippen LogP contribution in [0.2, 0.25) is 0 Å². The number of ether oxygens (including phenoxy) is 1. The second-order valence-corrected chi connectivity index (χ2v) is 7.06. The molecule has 2 heterocycles. The Morgan fingerprint density at radius 2 is 2.09 bits per heavy atom. The third-order valence-electron chi connectivity index (χ3n) is 3.96. The molecule has 0 aromatic carbocycles. The zero-order chi connectivity index (χ0) is 17.0. The van der Waals surface area contributed by atoms with Gasteiger partial charge in [-0.25, -0.2) is 4.79 Å². The molecule has 23 heavy (non-hydrogen) atoms. The summed E-state index contributed by atoms with van der Waals surface area (Å²) in [5.41, 5.74) is 6.66. The minimum Gasteiger partial charge on any atom is -0.444 e. The molecule has 130 valence electrons. The Kier molecular flexibility index (Phi) is 5.64. The zero-order valence-electron chi connectivity index (χ0n) is 14.7. The van der Waals surface area contributed by atoms with E-state index in [4.69, 9.17) is 10.5 Å². The van der Waals surface area contributed by atoms with Gasteiger partial charge < -0.3 is 15.4 Å². The van der Waals surface area contributed by atoms with Gasteiger partial charge in [-0.3, -0.25) is 9.58 Å². The highest BCUT2D eigenvalue weighted by molar-refractivity contribution is 5.68. The first-order chi connectivity index (χ1) is 10.8. The number of aromatic nitrogens is 2. The number of rotatable bonds is 3. The van der Waals surface area contributed by atoms with Crippen LogP contribution in [0.5, 0.6) is 0 Å². The monoisotopic (exact) mass is 323 g/mol. The molecule has 2 rings (SSSR count). The van der Waals surface area contributed by atoms with Crippen molar-refractivity contribution in [2.24, 2.45) is 12.8 Å². The molecular formula is C16H29N5O2. The molecule has 0 radical (unpaired) electrons. The van der Waals surface area contributed by atoms with Crippen molar-refractivity contribution < 1.29 is 9.53 Å². The van der Waals surface area contributed by atoms with Crippen molar-refractivity contribution in [2.75, 3.05) is 32.7 Å². The second-order valence-electron chi connectivity index (χ2n) is 7.06. The predicted octanol–water partition coefficient (Wildman–Crippen LogP) is 1.36. The number of aryl methyl sites for hydroxylation is 1. The molecule has 1 unspecified atom stereocenters. The summed E-state index contributed by atoms with van der Waals surface area (Å²) in [6.45, 7) is 9.29. The third-order valence-corrected chi connectivity index (χ3v) is 3.96. The van der Waals surface area contributed by atoms with E-state index in [0.717, 1.165) is 31.6 Å². The van der Waals surface area contributed by atoms with E-state index in [1.165, 1.54) is 0 Å². The molecule has 1 aliphatic rings. The van der Waals surface area contributed by atoms with E-state index >= 15 is 0 Å². The summed E-state index contributed by atoms with van der Waals surface area (Å²) in [5.74, 6) is 0. The first kappa shape index (κ1) is 17.7. The Morgan fingerprint density at radius 3 is 2.65 bits per heavy atom. The van der Waals surface area contributed by atoms with Crippen LogP contribution >= 0.6 is 0 Å². The highest BCUT2D eigenvalue weighted by Crippen LogP contribution is 2.21. The number of hydrogen-bond acceptors (Lipinski definition) is 5. The lowest BCUT2D eigenvalue weighted by molar-refractivity contribution is 0.0255. The Morgan fingerprint density at radius 1 is 1.35 bits per heavy atom. The van der Waals surface area contributed by atoms with E-state index in [-0.39, 0.29) is 12.1 Å². The van der Waals surface area contributed by atoms with Crippen LogP contribution in [0.3, 0.4) is 0 Å². The summed E-state index contributed by atoms with van der Waals surface area (Å²) in [6, 6.07) is 0.141. The summed E-state index contributed by atoms with van der Waals surface area (Å²) in [6.07, 6.45) is 4.56. The lowest BCUT2D eigenvalue weighted by Crippen LogP contribution is -2.40. The van der Waals surface area contributed by atoms with Gasteiger partial charge in [0.05, 0.1) is 12.2 Å². The fourth-order valence-electron chi connectivity index (χ4n) is 2.87. The summed E-state index contributed by atoms with van der Waals surface area (Å²) in [7, 11) is 1.91. The van der Waals surface area contributed by atoms with E-state index in [9.17, 15) is 4.79 Å². The third kappa shape index (κ3) is 4.94. The molecular weight excluding hydrogens is 294 g/mol. The van der Waals surface area contributed by atoms with Gasteiger partial charge in [-0.1, -0.05) is 0 Å². The molecule has 0 saturated carbocycles. The Labute approximate surface area is 138 Å². The standard InChI is InChI=1S/C16H29N5O2/c1-16(2,3)23-15(22)21-7-5-6-20(8-9-21)14(10-17)13-11-18-19(4)12-13/h11-12,14H,5-10,17H2,1-4H3. The molecule has 0 aliphatic carbocycles. The number of nitrogens with two attached hydrogens (primary N) is 1. The number of amides is 1. The summed E-state index contributed by atoms with van der Waals surface area (Å²) < 4.78 is 7.27. The number of nitrogens with zero attached hydrogens (tertiary/aromatic N) is 4. The summed E-state index contributed by atoms with van der Waals surface area (Å²) in [4.78, 5) is 16.4. The largest absolute Gasteiger partial charge is 0.444 e. The summed E-state index contributed by atoms with van der Waals surface area (Å²) >= 11 is 0. The fourth-order valence-corrected chi connectivity index (χ4v) is 2.87. The molecule has 1 aliphatic heterocycles. The maximum atomic E-state index is 12.2. The molecule has 1 saturated heterocycles. The quantitative estimate of drug-likeness (QED) is 0.909. The van der Waals surface area contributed by atoms with Crippen molar-refractivity contribution in [3.63, 3.8) is 0 Å². The minimum absolute atomic E-state index is 0.141. The van der Waals surface area contributed by atoms with E-state index in [1.807, 2.05) is 40.2 Å². The zero-order valence-corrected chi connectivity index (χ0v) is 14.7. The van der Waals surface area contributed by atoms with Crippen LogP contribution < -0.4 is 5.73 Å². The highest BCUT2D eigenvalue weighted by atomic mass is 16.6. The van der Waals surface area contributed by atoms with Crippen LogP contribution in [0, 0.1) is 0 Å². The van der Waals surface area contributed by atoms with Crippen LogP contribution in [-0.2, 0) is 11.8 Å². The normalized spacial score (nSPS) is 18.6. The molecule has 0 bridgehead atoms. The van der Waals surface area contributed by atoms with Crippen LogP contribution in [0.4, 0.5) is 4.79 Å². The van der Waals surface area contributed by atoms with Gasteiger partial charge in [-0.05, 0) is 27.2 Å².